The van der Waals surface area contributed by atoms with Crippen LogP contribution in [0.15, 0.2) is 0 Å². The molecule has 98 valence electrons. The molecule has 0 atom stereocenters. The normalized spacial score (nSPS) is 29.5. The Morgan fingerprint density at radius 2 is 1.06 bits per heavy atom. The van der Waals surface area contributed by atoms with Gasteiger partial charge in [-0.25, -0.2) is 0 Å². The third-order valence-electron chi connectivity index (χ3n) is 5.17. The van der Waals surface area contributed by atoms with Crippen molar-refractivity contribution in [3.63, 3.8) is 0 Å². The van der Waals surface area contributed by atoms with Gasteiger partial charge in [0.2, 0.25) is 0 Å². The molecule has 2 aliphatic carbocycles. The van der Waals surface area contributed by atoms with Crippen LogP contribution < -0.4 is 5.32 Å². The third kappa shape index (κ3) is 2.68. The van der Waals surface area contributed by atoms with E-state index in [-0.39, 0.29) is 0 Å². The second-order valence-corrected chi connectivity index (χ2v) is 6.34. The van der Waals surface area contributed by atoms with Crippen LogP contribution in [-0.2, 0) is 0 Å². The van der Waals surface area contributed by atoms with Gasteiger partial charge in [-0.15, -0.1) is 0 Å². The Kier molecular flexibility index (Phi) is 4.02. The molecule has 3 rings (SSSR count). The molecule has 3 fully saturated rings. The minimum atomic E-state index is 0.876. The zero-order valence-electron chi connectivity index (χ0n) is 11.2. The molecule has 3 aliphatic rings. The van der Waals surface area contributed by atoms with Gasteiger partial charge in [-0.2, -0.15) is 0 Å². The summed E-state index contributed by atoms with van der Waals surface area (Å²) in [4.78, 5) is 2.97. The lowest BCUT2D eigenvalue weighted by molar-refractivity contribution is 0.0160. The van der Waals surface area contributed by atoms with Crippen LogP contribution in [0.5, 0.6) is 0 Å². The Morgan fingerprint density at radius 1 is 0.588 bits per heavy atom. The lowest BCUT2D eigenvalue weighted by Gasteiger charge is -2.49. The number of hydrogen-bond donors (Lipinski definition) is 1. The predicted octanol–water partition coefficient (Wildman–Crippen LogP) is 2.93. The molecule has 0 aromatic rings. The summed E-state index contributed by atoms with van der Waals surface area (Å²) < 4.78 is 0. The minimum absolute atomic E-state index is 0.876. The summed E-state index contributed by atoms with van der Waals surface area (Å²) in [5, 5.41) is 3.48. The molecule has 1 saturated heterocycles. The summed E-state index contributed by atoms with van der Waals surface area (Å²) in [6, 6.07) is 2.74. The fourth-order valence-corrected chi connectivity index (χ4v) is 4.14. The van der Waals surface area contributed by atoms with Crippen LogP contribution in [0.25, 0.3) is 0 Å². The van der Waals surface area contributed by atoms with Gasteiger partial charge < -0.3 is 5.32 Å². The maximum absolute atomic E-state index is 3.48. The van der Waals surface area contributed by atoms with E-state index in [0.29, 0.717) is 0 Å². The van der Waals surface area contributed by atoms with Gasteiger partial charge in [0.1, 0.15) is 0 Å². The summed E-state index contributed by atoms with van der Waals surface area (Å²) in [6.07, 6.45) is 14.8. The van der Waals surface area contributed by atoms with Crippen LogP contribution in [-0.4, -0.2) is 36.1 Å². The van der Waals surface area contributed by atoms with E-state index in [2.05, 4.69) is 10.2 Å². The van der Waals surface area contributed by atoms with Gasteiger partial charge in [0.05, 0.1) is 0 Å². The first kappa shape index (κ1) is 12.0. The highest BCUT2D eigenvalue weighted by Crippen LogP contribution is 2.32. The first-order valence-electron chi connectivity index (χ1n) is 7.93. The molecule has 1 aliphatic heterocycles. The van der Waals surface area contributed by atoms with Crippen LogP contribution in [0.3, 0.4) is 0 Å². The molecule has 0 bridgehead atoms. The Morgan fingerprint density at radius 3 is 1.41 bits per heavy atom. The Labute approximate surface area is 106 Å². The van der Waals surface area contributed by atoms with Crippen molar-refractivity contribution in [1.82, 2.24) is 10.2 Å². The van der Waals surface area contributed by atoms with Gasteiger partial charge in [0, 0.05) is 31.2 Å². The van der Waals surface area contributed by atoms with Gasteiger partial charge in [-0.05, 0) is 25.7 Å². The van der Waals surface area contributed by atoms with Crippen molar-refractivity contribution in [2.45, 2.75) is 82.3 Å². The van der Waals surface area contributed by atoms with E-state index in [1.54, 1.807) is 0 Å². The minimum Gasteiger partial charge on any atom is -0.314 e. The highest BCUT2D eigenvalue weighted by Gasteiger charge is 2.36. The van der Waals surface area contributed by atoms with E-state index in [4.69, 9.17) is 0 Å². The molecule has 2 nitrogen and oxygen atoms in total. The molecule has 1 heterocycles. The van der Waals surface area contributed by atoms with Crippen molar-refractivity contribution in [2.24, 2.45) is 0 Å². The largest absolute Gasteiger partial charge is 0.314 e. The second-order valence-electron chi connectivity index (χ2n) is 6.34. The van der Waals surface area contributed by atoms with Crippen LogP contribution in [0, 0.1) is 0 Å². The maximum atomic E-state index is 3.48. The molecule has 0 amide bonds. The van der Waals surface area contributed by atoms with Gasteiger partial charge in [0.15, 0.2) is 0 Å². The Hall–Kier alpha value is -0.0800. The summed E-state index contributed by atoms with van der Waals surface area (Å²) in [5.41, 5.74) is 0. The maximum Gasteiger partial charge on any atom is 0.0351 e. The highest BCUT2D eigenvalue weighted by atomic mass is 15.3. The van der Waals surface area contributed by atoms with Crippen molar-refractivity contribution in [3.05, 3.63) is 0 Å². The van der Waals surface area contributed by atoms with E-state index in [0.717, 1.165) is 18.1 Å². The zero-order valence-corrected chi connectivity index (χ0v) is 11.2. The summed E-state index contributed by atoms with van der Waals surface area (Å²) in [6.45, 7) is 2.51. The van der Waals surface area contributed by atoms with Gasteiger partial charge in [0.25, 0.3) is 0 Å². The highest BCUT2D eigenvalue weighted by molar-refractivity contribution is 4.94. The van der Waals surface area contributed by atoms with Crippen LogP contribution in [0.4, 0.5) is 0 Å². The molecule has 2 saturated carbocycles. The smallest absolute Gasteiger partial charge is 0.0351 e. The van der Waals surface area contributed by atoms with Crippen molar-refractivity contribution in [3.8, 4) is 0 Å². The molecular formula is C15H28N2. The summed E-state index contributed by atoms with van der Waals surface area (Å²) >= 11 is 0. The van der Waals surface area contributed by atoms with E-state index in [1.807, 2.05) is 0 Å². The molecule has 17 heavy (non-hydrogen) atoms. The quantitative estimate of drug-likeness (QED) is 0.810. The molecule has 1 N–H and O–H groups in total. The van der Waals surface area contributed by atoms with Crippen LogP contribution in [0.1, 0.15) is 64.2 Å². The first-order chi connectivity index (χ1) is 8.45. The number of nitrogens with zero attached hydrogens (tertiary/aromatic N) is 1. The van der Waals surface area contributed by atoms with E-state index in [9.17, 15) is 0 Å². The number of rotatable bonds is 3. The predicted molar refractivity (Wildman–Crippen MR) is 72.2 cm³/mol. The molecule has 0 aromatic heterocycles. The van der Waals surface area contributed by atoms with Crippen LogP contribution in [0.2, 0.25) is 0 Å². The van der Waals surface area contributed by atoms with Gasteiger partial charge in [-0.3, -0.25) is 4.90 Å². The number of nitrogens with one attached hydrogen (secondary N) is 1. The van der Waals surface area contributed by atoms with E-state index < -0.39 is 0 Å². The fourth-order valence-electron chi connectivity index (χ4n) is 4.14. The van der Waals surface area contributed by atoms with Crippen molar-refractivity contribution >= 4 is 0 Å². The van der Waals surface area contributed by atoms with Gasteiger partial charge >= 0.3 is 0 Å². The average molecular weight is 236 g/mol. The molecule has 0 aromatic carbocycles. The molecule has 0 unspecified atom stereocenters. The van der Waals surface area contributed by atoms with E-state index >= 15 is 0 Å². The zero-order chi connectivity index (χ0) is 11.5. The Bertz CT molecular complexity index is 207. The van der Waals surface area contributed by atoms with Crippen molar-refractivity contribution in [1.29, 1.82) is 0 Å². The van der Waals surface area contributed by atoms with Gasteiger partial charge in [-0.1, -0.05) is 38.5 Å². The lowest BCUT2D eigenvalue weighted by atomic mass is 9.86. The topological polar surface area (TPSA) is 15.3 Å². The average Bonchev–Trinajstić information content (AvgIpc) is 2.36. The monoisotopic (exact) mass is 236 g/mol. The van der Waals surface area contributed by atoms with E-state index in [1.165, 1.54) is 77.3 Å². The van der Waals surface area contributed by atoms with Crippen LogP contribution >= 0.6 is 0 Å². The summed E-state index contributed by atoms with van der Waals surface area (Å²) in [5.74, 6) is 0. The SMILES string of the molecule is C1CCC(N(C2CCCCC2)C2CNC2)CC1. The van der Waals surface area contributed by atoms with Crippen molar-refractivity contribution in [2.75, 3.05) is 13.1 Å². The van der Waals surface area contributed by atoms with Crippen molar-refractivity contribution < 1.29 is 0 Å². The first-order valence-corrected chi connectivity index (χ1v) is 7.93. The standard InChI is InChI=1S/C15H28N2/c1-3-7-13(8-4-1)17(15-11-16-12-15)14-9-5-2-6-10-14/h13-16H,1-12H2. The molecule has 0 spiro atoms. The molecule has 0 radical (unpaired) electrons. The number of hydrogen-bond acceptors (Lipinski definition) is 2. The lowest BCUT2D eigenvalue weighted by Crippen LogP contribution is -2.63. The molecular weight excluding hydrogens is 208 g/mol. The fraction of sp³-hybridized carbons (Fsp3) is 1.00. The second kappa shape index (κ2) is 5.71. The Balaban J connectivity index is 1.66. The molecule has 2 heteroatoms. The summed E-state index contributed by atoms with van der Waals surface area (Å²) in [7, 11) is 0. The third-order valence-corrected chi connectivity index (χ3v) is 5.17.